The zero-order valence-electron chi connectivity index (χ0n) is 15.7. The van der Waals surface area contributed by atoms with Crippen LogP contribution < -0.4 is 5.32 Å². The third-order valence-electron chi connectivity index (χ3n) is 3.45. The second-order valence-electron chi connectivity index (χ2n) is 7.00. The molecule has 2 N–H and O–H groups in total. The van der Waals surface area contributed by atoms with Crippen molar-refractivity contribution in [2.24, 2.45) is 5.92 Å². The predicted molar refractivity (Wildman–Crippen MR) is 95.1 cm³/mol. The van der Waals surface area contributed by atoms with E-state index in [9.17, 15) is 14.7 Å². The van der Waals surface area contributed by atoms with Crippen LogP contribution in [-0.2, 0) is 19.1 Å². The van der Waals surface area contributed by atoms with Crippen molar-refractivity contribution in [1.82, 2.24) is 5.32 Å². The molecule has 25 heavy (non-hydrogen) atoms. The molecule has 0 aromatic heterocycles. The van der Waals surface area contributed by atoms with Crippen LogP contribution >= 0.6 is 0 Å². The Labute approximate surface area is 149 Å². The Balaban J connectivity index is 2.74. The van der Waals surface area contributed by atoms with Crippen LogP contribution in [0.25, 0.3) is 0 Å². The van der Waals surface area contributed by atoms with E-state index in [1.165, 1.54) is 0 Å². The third-order valence-corrected chi connectivity index (χ3v) is 3.45. The summed E-state index contributed by atoms with van der Waals surface area (Å²) in [4.78, 5) is 23.9. The summed E-state index contributed by atoms with van der Waals surface area (Å²) in [6.45, 7) is 9.68. The molecule has 0 bridgehead atoms. The highest BCUT2D eigenvalue weighted by molar-refractivity contribution is 5.73. The normalized spacial score (nSPS) is 13.8. The average Bonchev–Trinajstić information content (AvgIpc) is 2.50. The van der Waals surface area contributed by atoms with Gasteiger partial charge < -0.3 is 19.9 Å². The number of carbonyl (C=O) groups is 2. The first-order chi connectivity index (χ1) is 11.6. The summed E-state index contributed by atoms with van der Waals surface area (Å²) >= 11 is 0. The van der Waals surface area contributed by atoms with Crippen molar-refractivity contribution in [3.05, 3.63) is 29.8 Å². The maximum absolute atomic E-state index is 12.1. The molecular formula is C19H29NO5. The fourth-order valence-electron chi connectivity index (χ4n) is 2.21. The van der Waals surface area contributed by atoms with Gasteiger partial charge in [0.05, 0.1) is 18.9 Å². The van der Waals surface area contributed by atoms with Crippen LogP contribution in [0.3, 0.4) is 0 Å². The quantitative estimate of drug-likeness (QED) is 0.701. The van der Waals surface area contributed by atoms with Crippen LogP contribution in [0.5, 0.6) is 5.75 Å². The first-order valence-corrected chi connectivity index (χ1v) is 8.53. The van der Waals surface area contributed by atoms with E-state index in [2.05, 4.69) is 5.32 Å². The topological polar surface area (TPSA) is 84.9 Å². The lowest BCUT2D eigenvalue weighted by Gasteiger charge is -2.24. The van der Waals surface area contributed by atoms with Crippen molar-refractivity contribution < 1.29 is 24.2 Å². The second-order valence-corrected chi connectivity index (χ2v) is 7.00. The number of benzene rings is 1. The summed E-state index contributed by atoms with van der Waals surface area (Å²) in [5.41, 5.74) is 0.300. The van der Waals surface area contributed by atoms with Gasteiger partial charge in [-0.25, -0.2) is 0 Å². The minimum atomic E-state index is -0.535. The van der Waals surface area contributed by atoms with Crippen LogP contribution in [-0.4, -0.2) is 35.8 Å². The van der Waals surface area contributed by atoms with Gasteiger partial charge in [0.2, 0.25) is 0 Å². The molecule has 0 aliphatic carbocycles. The molecule has 0 fully saturated rings. The molecule has 1 aromatic carbocycles. The van der Waals surface area contributed by atoms with Crippen LogP contribution in [0.2, 0.25) is 0 Å². The number of rotatable bonds is 8. The highest BCUT2D eigenvalue weighted by Crippen LogP contribution is 2.21. The molecule has 0 saturated heterocycles. The van der Waals surface area contributed by atoms with Gasteiger partial charge in [-0.1, -0.05) is 19.1 Å². The van der Waals surface area contributed by atoms with Crippen molar-refractivity contribution in [1.29, 1.82) is 0 Å². The maximum atomic E-state index is 12.1. The summed E-state index contributed by atoms with van der Waals surface area (Å²) in [5, 5.41) is 12.7. The zero-order chi connectivity index (χ0) is 19.0. The van der Waals surface area contributed by atoms with Gasteiger partial charge in [0, 0.05) is 12.6 Å². The zero-order valence-corrected chi connectivity index (χ0v) is 15.7. The maximum Gasteiger partial charge on any atom is 0.310 e. The fraction of sp³-hybridized carbons (Fsp3) is 0.579. The third kappa shape index (κ3) is 8.03. The lowest BCUT2D eigenvalue weighted by Crippen LogP contribution is -2.35. The van der Waals surface area contributed by atoms with Gasteiger partial charge in [-0.2, -0.15) is 0 Å². The van der Waals surface area contributed by atoms with Gasteiger partial charge >= 0.3 is 11.9 Å². The van der Waals surface area contributed by atoms with Gasteiger partial charge in [-0.05, 0) is 45.4 Å². The largest absolute Gasteiger partial charge is 0.508 e. The van der Waals surface area contributed by atoms with Gasteiger partial charge in [-0.3, -0.25) is 9.59 Å². The van der Waals surface area contributed by atoms with Crippen molar-refractivity contribution in [3.8, 4) is 5.75 Å². The Hall–Kier alpha value is -2.08. The lowest BCUT2D eigenvalue weighted by atomic mass is 10.0. The monoisotopic (exact) mass is 351 g/mol. The molecular weight excluding hydrogens is 322 g/mol. The summed E-state index contributed by atoms with van der Waals surface area (Å²) in [6.07, 6.45) is 0.139. The first-order valence-electron chi connectivity index (χ1n) is 8.53. The molecule has 1 rings (SSSR count). The van der Waals surface area contributed by atoms with E-state index >= 15 is 0 Å². The van der Waals surface area contributed by atoms with Crippen LogP contribution in [0.4, 0.5) is 0 Å². The summed E-state index contributed by atoms with van der Waals surface area (Å²) in [7, 11) is 0. The number of ether oxygens (including phenoxy) is 2. The minimum absolute atomic E-state index is 0.139. The van der Waals surface area contributed by atoms with Gasteiger partial charge in [0.15, 0.2) is 0 Å². The standard InChI is InChI=1S/C19H29NO5/c1-6-24-17(22)11-16(14-7-9-15(21)10-8-14)20-12-13(2)18(23)25-19(3,4)5/h7-10,13,16,20-21H,6,11-12H2,1-5H3. The molecule has 6 heteroatoms. The van der Waals surface area contributed by atoms with E-state index in [-0.39, 0.29) is 36.1 Å². The predicted octanol–water partition coefficient (Wildman–Crippen LogP) is 2.95. The Kier molecular flexibility index (Phi) is 7.90. The molecule has 0 spiro atoms. The van der Waals surface area contributed by atoms with Gasteiger partial charge in [0.1, 0.15) is 11.4 Å². The number of phenols is 1. The minimum Gasteiger partial charge on any atom is -0.508 e. The van der Waals surface area contributed by atoms with Crippen molar-refractivity contribution in [2.45, 2.75) is 52.7 Å². The molecule has 0 saturated carbocycles. The van der Waals surface area contributed by atoms with Crippen molar-refractivity contribution in [2.75, 3.05) is 13.2 Å². The van der Waals surface area contributed by atoms with E-state index in [1.807, 2.05) is 20.8 Å². The number of esters is 2. The van der Waals surface area contributed by atoms with E-state index in [4.69, 9.17) is 9.47 Å². The second kappa shape index (κ2) is 9.42. The Morgan fingerprint density at radius 3 is 2.32 bits per heavy atom. The Morgan fingerprint density at radius 2 is 1.80 bits per heavy atom. The SMILES string of the molecule is CCOC(=O)CC(NCC(C)C(=O)OC(C)(C)C)c1ccc(O)cc1. The summed E-state index contributed by atoms with van der Waals surface area (Å²) in [6, 6.07) is 6.29. The van der Waals surface area contributed by atoms with Crippen LogP contribution in [0.1, 0.15) is 52.6 Å². The van der Waals surface area contributed by atoms with Gasteiger partial charge in [0.25, 0.3) is 0 Å². The molecule has 1 aromatic rings. The molecule has 140 valence electrons. The Morgan fingerprint density at radius 1 is 1.20 bits per heavy atom. The first kappa shape index (κ1) is 21.0. The number of carbonyl (C=O) groups excluding carboxylic acids is 2. The molecule has 0 aliphatic heterocycles. The molecule has 0 aliphatic rings. The fourth-order valence-corrected chi connectivity index (χ4v) is 2.21. The highest BCUT2D eigenvalue weighted by Gasteiger charge is 2.24. The van der Waals surface area contributed by atoms with E-state index in [0.29, 0.717) is 13.2 Å². The van der Waals surface area contributed by atoms with Crippen LogP contribution in [0, 0.1) is 5.92 Å². The Bertz CT molecular complexity index is 562. The van der Waals surface area contributed by atoms with Gasteiger partial charge in [-0.15, -0.1) is 0 Å². The van der Waals surface area contributed by atoms with Crippen LogP contribution in [0.15, 0.2) is 24.3 Å². The smallest absolute Gasteiger partial charge is 0.310 e. The molecule has 0 amide bonds. The van der Waals surface area contributed by atoms with E-state index in [0.717, 1.165) is 5.56 Å². The molecule has 0 radical (unpaired) electrons. The number of aromatic hydroxyl groups is 1. The lowest BCUT2D eigenvalue weighted by molar-refractivity contribution is -0.159. The van der Waals surface area contributed by atoms with Crippen molar-refractivity contribution in [3.63, 3.8) is 0 Å². The molecule has 6 nitrogen and oxygen atoms in total. The number of hydrogen-bond donors (Lipinski definition) is 2. The highest BCUT2D eigenvalue weighted by atomic mass is 16.6. The number of phenolic OH excluding ortho intramolecular Hbond substituents is 1. The summed E-state index contributed by atoms with van der Waals surface area (Å²) < 4.78 is 10.4. The molecule has 0 heterocycles. The molecule has 2 atom stereocenters. The number of hydrogen-bond acceptors (Lipinski definition) is 6. The van der Waals surface area contributed by atoms with E-state index in [1.54, 1.807) is 38.1 Å². The van der Waals surface area contributed by atoms with E-state index < -0.39 is 5.60 Å². The average molecular weight is 351 g/mol. The number of nitrogens with one attached hydrogen (secondary N) is 1. The summed E-state index contributed by atoms with van der Waals surface area (Å²) in [5.74, 6) is -0.819. The van der Waals surface area contributed by atoms with Crippen molar-refractivity contribution >= 4 is 11.9 Å². The molecule has 2 unspecified atom stereocenters.